The first-order valence-corrected chi connectivity index (χ1v) is 5.95. The molecular weight excluding hydrogens is 224 g/mol. The molecule has 1 fully saturated rings. The van der Waals surface area contributed by atoms with Gasteiger partial charge in [-0.05, 0) is 37.3 Å². The van der Waals surface area contributed by atoms with Crippen LogP contribution in [0.1, 0.15) is 31.2 Å². The standard InChI is InChI=1S/C12H15ClN2O/c1-8-5-10(7-14-12(8)13)15-11(16)6-9-3-2-4-9/h5,7,9H,2-4,6H2,1H3,(H,15,16). The van der Waals surface area contributed by atoms with Crippen molar-refractivity contribution < 1.29 is 4.79 Å². The van der Waals surface area contributed by atoms with Gasteiger partial charge in [-0.3, -0.25) is 4.79 Å². The van der Waals surface area contributed by atoms with Crippen LogP contribution in [-0.4, -0.2) is 10.9 Å². The summed E-state index contributed by atoms with van der Waals surface area (Å²) in [5, 5.41) is 3.33. The SMILES string of the molecule is Cc1cc(NC(=O)CC2CCC2)cnc1Cl. The van der Waals surface area contributed by atoms with Crippen LogP contribution >= 0.6 is 11.6 Å². The van der Waals surface area contributed by atoms with Gasteiger partial charge in [0.1, 0.15) is 5.15 Å². The van der Waals surface area contributed by atoms with E-state index < -0.39 is 0 Å². The molecule has 1 heterocycles. The summed E-state index contributed by atoms with van der Waals surface area (Å²) in [6.45, 7) is 1.87. The van der Waals surface area contributed by atoms with Crippen molar-refractivity contribution in [2.24, 2.45) is 5.92 Å². The fraction of sp³-hybridized carbons (Fsp3) is 0.500. The highest BCUT2D eigenvalue weighted by molar-refractivity contribution is 6.30. The summed E-state index contributed by atoms with van der Waals surface area (Å²) in [6, 6.07) is 1.84. The fourth-order valence-corrected chi connectivity index (χ4v) is 1.90. The molecule has 2 rings (SSSR count). The number of rotatable bonds is 3. The third-order valence-corrected chi connectivity index (χ3v) is 3.39. The molecule has 86 valence electrons. The molecule has 1 aromatic rings. The first-order chi connectivity index (χ1) is 7.65. The third-order valence-electron chi connectivity index (χ3n) is 3.00. The maximum atomic E-state index is 11.6. The topological polar surface area (TPSA) is 42.0 Å². The summed E-state index contributed by atoms with van der Waals surface area (Å²) < 4.78 is 0. The van der Waals surface area contributed by atoms with Gasteiger partial charge in [0.05, 0.1) is 11.9 Å². The minimum Gasteiger partial charge on any atom is -0.325 e. The maximum Gasteiger partial charge on any atom is 0.224 e. The van der Waals surface area contributed by atoms with Gasteiger partial charge in [-0.15, -0.1) is 0 Å². The molecule has 0 radical (unpaired) electrons. The summed E-state index contributed by atoms with van der Waals surface area (Å²) in [6.07, 6.45) is 5.85. The van der Waals surface area contributed by atoms with Gasteiger partial charge in [-0.25, -0.2) is 4.98 Å². The van der Waals surface area contributed by atoms with Crippen LogP contribution in [0.25, 0.3) is 0 Å². The zero-order valence-electron chi connectivity index (χ0n) is 9.29. The molecule has 1 aromatic heterocycles. The second-order valence-corrected chi connectivity index (χ2v) is 4.74. The Kier molecular flexibility index (Phi) is 3.44. The number of amides is 1. The van der Waals surface area contributed by atoms with E-state index in [-0.39, 0.29) is 5.91 Å². The van der Waals surface area contributed by atoms with Crippen LogP contribution in [0.4, 0.5) is 5.69 Å². The lowest BCUT2D eigenvalue weighted by Crippen LogP contribution is -2.20. The highest BCUT2D eigenvalue weighted by Gasteiger charge is 2.20. The molecule has 0 bridgehead atoms. The molecule has 0 spiro atoms. The van der Waals surface area contributed by atoms with Gasteiger partial charge in [0.15, 0.2) is 0 Å². The number of hydrogen-bond acceptors (Lipinski definition) is 2. The molecule has 0 saturated heterocycles. The molecule has 0 unspecified atom stereocenters. The lowest BCUT2D eigenvalue weighted by molar-refractivity contribution is -0.117. The summed E-state index contributed by atoms with van der Waals surface area (Å²) in [4.78, 5) is 15.6. The van der Waals surface area contributed by atoms with Crippen molar-refractivity contribution >= 4 is 23.2 Å². The van der Waals surface area contributed by atoms with Crippen LogP contribution in [0.5, 0.6) is 0 Å². The Morgan fingerprint density at radius 3 is 2.94 bits per heavy atom. The van der Waals surface area contributed by atoms with E-state index >= 15 is 0 Å². The van der Waals surface area contributed by atoms with Crippen LogP contribution in [0.2, 0.25) is 5.15 Å². The van der Waals surface area contributed by atoms with Crippen LogP contribution < -0.4 is 5.32 Å². The summed E-state index contributed by atoms with van der Waals surface area (Å²) in [7, 11) is 0. The number of nitrogens with one attached hydrogen (secondary N) is 1. The molecule has 16 heavy (non-hydrogen) atoms. The molecule has 1 aliphatic rings. The summed E-state index contributed by atoms with van der Waals surface area (Å²) in [5.74, 6) is 0.662. The summed E-state index contributed by atoms with van der Waals surface area (Å²) >= 11 is 5.81. The first kappa shape index (κ1) is 11.4. The largest absolute Gasteiger partial charge is 0.325 e. The molecule has 1 saturated carbocycles. The molecule has 1 N–H and O–H groups in total. The Morgan fingerprint density at radius 2 is 2.38 bits per heavy atom. The predicted octanol–water partition coefficient (Wildman–Crippen LogP) is 3.17. The number of pyridine rings is 1. The van der Waals surface area contributed by atoms with E-state index in [1.807, 2.05) is 13.0 Å². The van der Waals surface area contributed by atoms with Gasteiger partial charge in [0.2, 0.25) is 5.91 Å². The van der Waals surface area contributed by atoms with E-state index in [0.29, 0.717) is 17.5 Å². The van der Waals surface area contributed by atoms with Crippen molar-refractivity contribution in [3.8, 4) is 0 Å². The van der Waals surface area contributed by atoms with Crippen molar-refractivity contribution in [2.45, 2.75) is 32.6 Å². The third kappa shape index (κ3) is 2.73. The zero-order chi connectivity index (χ0) is 11.5. The number of carbonyl (C=O) groups is 1. The number of aromatic nitrogens is 1. The van der Waals surface area contributed by atoms with Crippen molar-refractivity contribution in [1.82, 2.24) is 4.98 Å². The van der Waals surface area contributed by atoms with Crippen LogP contribution in [-0.2, 0) is 4.79 Å². The Bertz CT molecular complexity index is 402. The highest BCUT2D eigenvalue weighted by atomic mass is 35.5. The molecule has 1 amide bonds. The monoisotopic (exact) mass is 238 g/mol. The lowest BCUT2D eigenvalue weighted by Gasteiger charge is -2.24. The van der Waals surface area contributed by atoms with Crippen molar-refractivity contribution in [3.63, 3.8) is 0 Å². The number of nitrogens with zero attached hydrogens (tertiary/aromatic N) is 1. The predicted molar refractivity (Wildman–Crippen MR) is 64.6 cm³/mol. The molecular formula is C12H15ClN2O. The number of aryl methyl sites for hydroxylation is 1. The minimum atomic E-state index is 0.0771. The second kappa shape index (κ2) is 4.83. The van der Waals surface area contributed by atoms with E-state index in [1.165, 1.54) is 19.3 Å². The average Bonchev–Trinajstić information content (AvgIpc) is 2.18. The van der Waals surface area contributed by atoms with Gasteiger partial charge in [-0.1, -0.05) is 18.0 Å². The van der Waals surface area contributed by atoms with E-state index in [2.05, 4.69) is 10.3 Å². The Morgan fingerprint density at radius 1 is 1.62 bits per heavy atom. The summed E-state index contributed by atoms with van der Waals surface area (Å²) in [5.41, 5.74) is 1.61. The Labute approximate surface area is 100 Å². The van der Waals surface area contributed by atoms with E-state index in [9.17, 15) is 4.79 Å². The highest BCUT2D eigenvalue weighted by Crippen LogP contribution is 2.29. The maximum absolute atomic E-state index is 11.6. The lowest BCUT2D eigenvalue weighted by atomic mass is 9.83. The second-order valence-electron chi connectivity index (χ2n) is 4.38. The number of carbonyl (C=O) groups excluding carboxylic acids is 1. The zero-order valence-corrected chi connectivity index (χ0v) is 10.0. The van der Waals surface area contributed by atoms with Crippen molar-refractivity contribution in [3.05, 3.63) is 23.0 Å². The molecule has 1 aliphatic carbocycles. The van der Waals surface area contributed by atoms with Crippen LogP contribution in [0, 0.1) is 12.8 Å². The van der Waals surface area contributed by atoms with Gasteiger partial charge < -0.3 is 5.32 Å². The van der Waals surface area contributed by atoms with Crippen molar-refractivity contribution in [2.75, 3.05) is 5.32 Å². The minimum absolute atomic E-state index is 0.0771. The number of hydrogen-bond donors (Lipinski definition) is 1. The Hall–Kier alpha value is -1.09. The smallest absolute Gasteiger partial charge is 0.224 e. The fourth-order valence-electron chi connectivity index (χ4n) is 1.80. The van der Waals surface area contributed by atoms with E-state index in [0.717, 1.165) is 11.3 Å². The van der Waals surface area contributed by atoms with Crippen LogP contribution in [0.3, 0.4) is 0 Å². The molecule has 0 aliphatic heterocycles. The van der Waals surface area contributed by atoms with E-state index in [4.69, 9.17) is 11.6 Å². The number of anilines is 1. The molecule has 0 atom stereocenters. The Balaban J connectivity index is 1.92. The number of halogens is 1. The first-order valence-electron chi connectivity index (χ1n) is 5.57. The molecule has 3 nitrogen and oxygen atoms in total. The van der Waals surface area contributed by atoms with Crippen LogP contribution in [0.15, 0.2) is 12.3 Å². The van der Waals surface area contributed by atoms with Gasteiger partial charge in [-0.2, -0.15) is 0 Å². The molecule has 0 aromatic carbocycles. The normalized spacial score (nSPS) is 15.6. The van der Waals surface area contributed by atoms with E-state index in [1.54, 1.807) is 6.20 Å². The van der Waals surface area contributed by atoms with Gasteiger partial charge in [0, 0.05) is 6.42 Å². The molecule has 4 heteroatoms. The quantitative estimate of drug-likeness (QED) is 0.822. The van der Waals surface area contributed by atoms with Gasteiger partial charge >= 0.3 is 0 Å². The average molecular weight is 239 g/mol. The van der Waals surface area contributed by atoms with Gasteiger partial charge in [0.25, 0.3) is 0 Å². The van der Waals surface area contributed by atoms with Crippen molar-refractivity contribution in [1.29, 1.82) is 0 Å².